The van der Waals surface area contributed by atoms with Gasteiger partial charge >= 0.3 is 37.3 Å². The Labute approximate surface area is 59.4 Å². The van der Waals surface area contributed by atoms with Crippen LogP contribution in [0, 0.1) is 37.3 Å². The van der Waals surface area contributed by atoms with E-state index in [1.807, 2.05) is 0 Å². The second kappa shape index (κ2) is 5.19. The molecule has 1 radical (unpaired) electrons. The zero-order chi connectivity index (χ0) is 3.58. The SMILES string of the molecule is [Er+3].[O-]B([O-])[O-]. The van der Waals surface area contributed by atoms with Gasteiger partial charge in [-0.15, -0.1) is 0 Å². The Morgan fingerprint density at radius 2 is 1.00 bits per heavy atom. The van der Waals surface area contributed by atoms with Gasteiger partial charge in [0.1, 0.15) is 0 Å². The van der Waals surface area contributed by atoms with Gasteiger partial charge < -0.3 is 15.1 Å². The molecule has 0 saturated carbocycles. The molecular weight excluding hydrogens is 226 g/mol. The minimum Gasteiger partial charge on any atom is -0.907 e. The molecule has 5 heavy (non-hydrogen) atoms. The van der Waals surface area contributed by atoms with E-state index in [1.165, 1.54) is 0 Å². The molecule has 5 heteroatoms. The van der Waals surface area contributed by atoms with Crippen molar-refractivity contribution in [1.29, 1.82) is 0 Å². The van der Waals surface area contributed by atoms with Gasteiger partial charge in [0, 0.05) is 0 Å². The van der Waals surface area contributed by atoms with Crippen molar-refractivity contribution in [2.75, 3.05) is 0 Å². The fraction of sp³-hybridized carbons (Fsp3) is 0. The molecule has 0 unspecified atom stereocenters. The first kappa shape index (κ1) is 9.50. The molecule has 0 spiro atoms. The summed E-state index contributed by atoms with van der Waals surface area (Å²) in [7, 11) is -2.92. The monoisotopic (exact) mass is 225 g/mol. The van der Waals surface area contributed by atoms with Gasteiger partial charge in [0.15, 0.2) is 0 Å². The van der Waals surface area contributed by atoms with Gasteiger partial charge in [-0.2, -0.15) is 0 Å². The van der Waals surface area contributed by atoms with Gasteiger partial charge in [-0.1, -0.05) is 0 Å². The van der Waals surface area contributed by atoms with Crippen molar-refractivity contribution in [3.05, 3.63) is 0 Å². The first-order valence-electron chi connectivity index (χ1n) is 0.707. The van der Waals surface area contributed by atoms with Crippen molar-refractivity contribution in [3.8, 4) is 0 Å². The predicted octanol–water partition coefficient (Wildman–Crippen LogP) is -3.95. The Morgan fingerprint density at radius 1 is 1.00 bits per heavy atom. The molecule has 0 aliphatic carbocycles. The topological polar surface area (TPSA) is 69.2 Å². The minimum atomic E-state index is -2.92. The van der Waals surface area contributed by atoms with Crippen LogP contribution in [0.2, 0.25) is 0 Å². The van der Waals surface area contributed by atoms with Gasteiger partial charge in [-0.3, -0.25) is 7.32 Å². The van der Waals surface area contributed by atoms with E-state index in [2.05, 4.69) is 0 Å². The third kappa shape index (κ3) is 37.2. The average Bonchev–Trinajstić information content (AvgIpc) is 0.811. The summed E-state index contributed by atoms with van der Waals surface area (Å²) in [5.74, 6) is 0. The summed E-state index contributed by atoms with van der Waals surface area (Å²) in [6, 6.07) is 0. The molecule has 0 atom stereocenters. The molecule has 0 heterocycles. The molecule has 0 fully saturated rings. The van der Waals surface area contributed by atoms with Crippen LogP contribution in [0.4, 0.5) is 0 Å². The first-order chi connectivity index (χ1) is 1.73. The fourth-order valence-electron chi connectivity index (χ4n) is 0. The second-order valence-electron chi connectivity index (χ2n) is 0.289. The van der Waals surface area contributed by atoms with E-state index in [0.29, 0.717) is 0 Å². The van der Waals surface area contributed by atoms with Gasteiger partial charge in [0.05, 0.1) is 0 Å². The van der Waals surface area contributed by atoms with Gasteiger partial charge in [0.2, 0.25) is 0 Å². The van der Waals surface area contributed by atoms with E-state index in [9.17, 15) is 0 Å². The van der Waals surface area contributed by atoms with Crippen molar-refractivity contribution >= 4 is 7.32 Å². The number of hydrogen-bond donors (Lipinski definition) is 0. The van der Waals surface area contributed by atoms with Crippen LogP contribution in [0.1, 0.15) is 0 Å². The van der Waals surface area contributed by atoms with Crippen LogP contribution < -0.4 is 15.1 Å². The molecular formula is BErO3. The van der Waals surface area contributed by atoms with Gasteiger partial charge in [-0.25, -0.2) is 0 Å². The fourth-order valence-corrected chi connectivity index (χ4v) is 0. The maximum atomic E-state index is 8.42. The van der Waals surface area contributed by atoms with Crippen LogP contribution in [0.15, 0.2) is 0 Å². The third-order valence-electron chi connectivity index (χ3n) is 0. The normalized spacial score (nSPS) is 5.40. The zero-order valence-corrected chi connectivity index (χ0v) is 3.94. The molecule has 0 aromatic carbocycles. The van der Waals surface area contributed by atoms with Crippen molar-refractivity contribution in [2.45, 2.75) is 0 Å². The van der Waals surface area contributed by atoms with Crippen molar-refractivity contribution in [3.63, 3.8) is 0 Å². The van der Waals surface area contributed by atoms with Crippen LogP contribution in [0.25, 0.3) is 0 Å². The van der Waals surface area contributed by atoms with E-state index in [1.54, 1.807) is 0 Å². The standard InChI is InChI=1S/BO3.Er/c2-1(3)4;/q-3;+3. The Kier molecular flexibility index (Phi) is 9.86. The van der Waals surface area contributed by atoms with Crippen molar-refractivity contribution in [2.24, 2.45) is 0 Å². The van der Waals surface area contributed by atoms with E-state index < -0.39 is 7.32 Å². The molecule has 0 aromatic heterocycles. The molecule has 0 rings (SSSR count). The van der Waals surface area contributed by atoms with Crippen molar-refractivity contribution in [1.82, 2.24) is 0 Å². The number of rotatable bonds is 0. The molecule has 0 bridgehead atoms. The van der Waals surface area contributed by atoms with Crippen LogP contribution in [0.5, 0.6) is 0 Å². The Hall–Kier alpha value is 1.19. The summed E-state index contributed by atoms with van der Waals surface area (Å²) in [6.45, 7) is 0. The average molecular weight is 226 g/mol. The first-order valence-corrected chi connectivity index (χ1v) is 0.707. The molecule has 3 nitrogen and oxygen atoms in total. The maximum Gasteiger partial charge on any atom is 3.00 e. The molecule has 0 aromatic rings. The Bertz CT molecular complexity index is 11.6. The summed E-state index contributed by atoms with van der Waals surface area (Å²) in [5.41, 5.74) is 0. The molecule has 0 aliphatic heterocycles. The summed E-state index contributed by atoms with van der Waals surface area (Å²) < 4.78 is 0. The summed E-state index contributed by atoms with van der Waals surface area (Å²) in [5, 5.41) is 25.2. The molecule has 0 saturated heterocycles. The van der Waals surface area contributed by atoms with Crippen LogP contribution in [0.3, 0.4) is 0 Å². The van der Waals surface area contributed by atoms with Crippen LogP contribution in [-0.2, 0) is 0 Å². The minimum absolute atomic E-state index is 0. The molecule has 0 aliphatic rings. The molecule has 33 valence electrons. The van der Waals surface area contributed by atoms with Crippen LogP contribution in [-0.4, -0.2) is 7.32 Å². The molecule has 0 amide bonds. The summed E-state index contributed by atoms with van der Waals surface area (Å²) in [4.78, 5) is 0. The Morgan fingerprint density at radius 3 is 1.00 bits per heavy atom. The van der Waals surface area contributed by atoms with Crippen LogP contribution >= 0.6 is 0 Å². The van der Waals surface area contributed by atoms with E-state index >= 15 is 0 Å². The summed E-state index contributed by atoms with van der Waals surface area (Å²) in [6.07, 6.45) is 0. The summed E-state index contributed by atoms with van der Waals surface area (Å²) >= 11 is 0. The predicted molar refractivity (Wildman–Crippen MR) is 5.75 cm³/mol. The number of hydrogen-bond acceptors (Lipinski definition) is 3. The quantitative estimate of drug-likeness (QED) is 0.396. The van der Waals surface area contributed by atoms with E-state index in [-0.39, 0.29) is 37.3 Å². The van der Waals surface area contributed by atoms with Gasteiger partial charge in [-0.05, 0) is 0 Å². The molecule has 0 N–H and O–H groups in total. The zero-order valence-electron chi connectivity index (χ0n) is 2.09. The second-order valence-corrected chi connectivity index (χ2v) is 0.289. The maximum absolute atomic E-state index is 8.42. The smallest absolute Gasteiger partial charge is 0.907 e. The van der Waals surface area contributed by atoms with E-state index in [4.69, 9.17) is 15.1 Å². The van der Waals surface area contributed by atoms with Crippen molar-refractivity contribution < 1.29 is 52.4 Å². The Balaban J connectivity index is 0. The third-order valence-corrected chi connectivity index (χ3v) is 0. The van der Waals surface area contributed by atoms with E-state index in [0.717, 1.165) is 0 Å². The van der Waals surface area contributed by atoms with Gasteiger partial charge in [0.25, 0.3) is 0 Å². The largest absolute Gasteiger partial charge is 3.00 e.